The Bertz CT molecular complexity index is 908. The van der Waals surface area contributed by atoms with Gasteiger partial charge in [-0.1, -0.05) is 49.6 Å². The van der Waals surface area contributed by atoms with E-state index in [4.69, 9.17) is 0 Å². The van der Waals surface area contributed by atoms with Gasteiger partial charge in [0.2, 0.25) is 5.91 Å². The highest BCUT2D eigenvalue weighted by Crippen LogP contribution is 2.41. The maximum Gasteiger partial charge on any atom is 0.221 e. The average Bonchev–Trinajstić information content (AvgIpc) is 3.39. The van der Waals surface area contributed by atoms with Gasteiger partial charge in [-0.15, -0.1) is 0 Å². The van der Waals surface area contributed by atoms with Crippen molar-refractivity contribution < 1.29 is 4.79 Å². The van der Waals surface area contributed by atoms with Crippen LogP contribution in [-0.2, 0) is 18.4 Å². The summed E-state index contributed by atoms with van der Waals surface area (Å²) >= 11 is 0. The number of aryl methyl sites for hydroxylation is 1. The molecule has 1 amide bonds. The molecule has 1 atom stereocenters. The lowest BCUT2D eigenvalue weighted by molar-refractivity contribution is -0.124. The van der Waals surface area contributed by atoms with Crippen LogP contribution in [0.1, 0.15) is 56.0 Å². The van der Waals surface area contributed by atoms with E-state index in [0.717, 1.165) is 30.8 Å². The van der Waals surface area contributed by atoms with E-state index in [2.05, 4.69) is 51.5 Å². The zero-order valence-electron chi connectivity index (χ0n) is 17.1. The van der Waals surface area contributed by atoms with Gasteiger partial charge in [0.05, 0.1) is 0 Å². The molecule has 2 aromatic heterocycles. The van der Waals surface area contributed by atoms with Gasteiger partial charge >= 0.3 is 0 Å². The third kappa shape index (κ3) is 4.61. The molecule has 1 aliphatic carbocycles. The van der Waals surface area contributed by atoms with Gasteiger partial charge in [0, 0.05) is 44.8 Å². The first-order valence-corrected chi connectivity index (χ1v) is 10.6. The number of amides is 1. The van der Waals surface area contributed by atoms with Crippen LogP contribution in [0.3, 0.4) is 0 Å². The third-order valence-electron chi connectivity index (χ3n) is 6.19. The fourth-order valence-electron chi connectivity index (χ4n) is 4.71. The Labute approximate surface area is 172 Å². The summed E-state index contributed by atoms with van der Waals surface area (Å²) in [5.74, 6) is 0.962. The molecule has 5 nitrogen and oxygen atoms in total. The van der Waals surface area contributed by atoms with Gasteiger partial charge in [0.1, 0.15) is 11.9 Å². The number of benzene rings is 1. The minimum atomic E-state index is -0.240. The van der Waals surface area contributed by atoms with E-state index in [0.29, 0.717) is 6.42 Å². The van der Waals surface area contributed by atoms with Crippen LogP contribution in [0.4, 0.5) is 0 Å². The summed E-state index contributed by atoms with van der Waals surface area (Å²) in [7, 11) is 1.97. The Morgan fingerprint density at radius 3 is 2.45 bits per heavy atom. The number of rotatable bonds is 7. The molecule has 0 unspecified atom stereocenters. The molecule has 152 valence electrons. The summed E-state index contributed by atoms with van der Waals surface area (Å²) in [6, 6.07) is 14.0. The van der Waals surface area contributed by atoms with E-state index in [1.165, 1.54) is 19.3 Å². The molecule has 5 heteroatoms. The molecular formula is C24H30N4O. The predicted octanol–water partition coefficient (Wildman–Crippen LogP) is 4.47. The molecule has 0 saturated heterocycles. The second-order valence-corrected chi connectivity index (χ2v) is 8.40. The van der Waals surface area contributed by atoms with Gasteiger partial charge in [0.15, 0.2) is 0 Å². The summed E-state index contributed by atoms with van der Waals surface area (Å²) in [6.45, 7) is 0.909. The summed E-state index contributed by atoms with van der Waals surface area (Å²) in [6.07, 6.45) is 14.4. The Morgan fingerprint density at radius 1 is 1.07 bits per heavy atom. The van der Waals surface area contributed by atoms with Crippen LogP contribution in [-0.4, -0.2) is 20.0 Å². The van der Waals surface area contributed by atoms with Crippen LogP contribution >= 0.6 is 0 Å². The van der Waals surface area contributed by atoms with Crippen molar-refractivity contribution in [1.82, 2.24) is 19.4 Å². The minimum Gasteiger partial charge on any atom is -0.354 e. The van der Waals surface area contributed by atoms with Crippen LogP contribution in [0.2, 0.25) is 0 Å². The molecule has 1 N–H and O–H groups in total. The van der Waals surface area contributed by atoms with E-state index in [-0.39, 0.29) is 17.4 Å². The molecular weight excluding hydrogens is 360 g/mol. The lowest BCUT2D eigenvalue weighted by Gasteiger charge is -2.37. The second-order valence-electron chi connectivity index (χ2n) is 8.40. The number of carbonyl (C=O) groups excluding carboxylic acids is 1. The number of imidazole rings is 1. The molecule has 0 radical (unpaired) electrons. The van der Waals surface area contributed by atoms with E-state index >= 15 is 0 Å². The molecule has 2 heterocycles. The van der Waals surface area contributed by atoms with Gasteiger partial charge in [0.25, 0.3) is 0 Å². The number of nitrogens with one attached hydrogen (secondary N) is 1. The minimum absolute atomic E-state index is 0.0320. The Hall–Kier alpha value is -2.82. The van der Waals surface area contributed by atoms with Crippen LogP contribution in [0, 0.1) is 5.41 Å². The van der Waals surface area contributed by atoms with E-state index in [1.807, 2.05) is 36.0 Å². The average molecular weight is 391 g/mol. The molecule has 1 aromatic carbocycles. The summed E-state index contributed by atoms with van der Waals surface area (Å²) < 4.78 is 4.21. The Balaban J connectivity index is 1.54. The molecule has 1 aliphatic rings. The molecule has 1 saturated carbocycles. The van der Waals surface area contributed by atoms with Crippen molar-refractivity contribution in [2.75, 3.05) is 0 Å². The highest BCUT2D eigenvalue weighted by atomic mass is 16.1. The first-order valence-electron chi connectivity index (χ1n) is 10.6. The van der Waals surface area contributed by atoms with Crippen molar-refractivity contribution in [2.24, 2.45) is 12.5 Å². The van der Waals surface area contributed by atoms with Gasteiger partial charge in [-0.05, 0) is 36.0 Å². The molecule has 3 aromatic rings. The van der Waals surface area contributed by atoms with Gasteiger partial charge in [-0.3, -0.25) is 4.79 Å². The SMILES string of the molecule is Cn1ccnc1[C@@H](NC(=O)CC1(Cn2cccc2)CCCCC1)c1ccccc1. The number of aromatic nitrogens is 3. The first-order chi connectivity index (χ1) is 14.2. The summed E-state index contributed by atoms with van der Waals surface area (Å²) in [5.41, 5.74) is 1.09. The van der Waals surface area contributed by atoms with E-state index < -0.39 is 0 Å². The Kier molecular flexibility index (Phi) is 5.84. The number of hydrogen-bond acceptors (Lipinski definition) is 2. The standard InChI is InChI=1S/C24H30N4O/c1-27-17-14-25-23(27)22(20-10-4-2-5-11-20)26-21(29)18-24(12-6-3-7-13-24)19-28-15-8-9-16-28/h2,4-5,8-11,14-17,22H,3,6-7,12-13,18-19H2,1H3,(H,26,29)/t22-/m0/s1. The monoisotopic (exact) mass is 390 g/mol. The molecule has 0 aliphatic heterocycles. The highest BCUT2D eigenvalue weighted by molar-refractivity contribution is 5.77. The maximum absolute atomic E-state index is 13.3. The normalized spacial score (nSPS) is 17.0. The summed E-state index contributed by atoms with van der Waals surface area (Å²) in [4.78, 5) is 17.8. The zero-order valence-corrected chi connectivity index (χ0v) is 17.1. The maximum atomic E-state index is 13.3. The van der Waals surface area contributed by atoms with Gasteiger partial charge in [-0.2, -0.15) is 0 Å². The largest absolute Gasteiger partial charge is 0.354 e. The van der Waals surface area contributed by atoms with Crippen molar-refractivity contribution in [3.63, 3.8) is 0 Å². The lowest BCUT2D eigenvalue weighted by Crippen LogP contribution is -2.38. The smallest absolute Gasteiger partial charge is 0.221 e. The third-order valence-corrected chi connectivity index (χ3v) is 6.19. The molecule has 1 fully saturated rings. The predicted molar refractivity (Wildman–Crippen MR) is 114 cm³/mol. The highest BCUT2D eigenvalue weighted by Gasteiger charge is 2.35. The topological polar surface area (TPSA) is 51.9 Å². The fraction of sp³-hybridized carbons (Fsp3) is 0.417. The number of carbonyl (C=O) groups is 1. The van der Waals surface area contributed by atoms with Crippen molar-refractivity contribution >= 4 is 5.91 Å². The van der Waals surface area contributed by atoms with Crippen LogP contribution in [0.25, 0.3) is 0 Å². The van der Waals surface area contributed by atoms with Gasteiger partial charge < -0.3 is 14.5 Å². The van der Waals surface area contributed by atoms with E-state index in [1.54, 1.807) is 6.20 Å². The quantitative estimate of drug-likeness (QED) is 0.647. The van der Waals surface area contributed by atoms with Crippen molar-refractivity contribution in [1.29, 1.82) is 0 Å². The van der Waals surface area contributed by atoms with Crippen LogP contribution < -0.4 is 5.32 Å². The van der Waals surface area contributed by atoms with Crippen molar-refractivity contribution in [3.05, 3.63) is 78.6 Å². The second kappa shape index (κ2) is 8.68. The van der Waals surface area contributed by atoms with Crippen molar-refractivity contribution in [3.8, 4) is 0 Å². The number of nitrogens with zero attached hydrogens (tertiary/aromatic N) is 3. The molecule has 4 rings (SSSR count). The van der Waals surface area contributed by atoms with E-state index in [9.17, 15) is 4.79 Å². The Morgan fingerprint density at radius 2 is 1.79 bits per heavy atom. The van der Waals surface area contributed by atoms with Crippen LogP contribution in [0.15, 0.2) is 67.3 Å². The zero-order chi connectivity index (χ0) is 20.1. The van der Waals surface area contributed by atoms with Gasteiger partial charge in [-0.25, -0.2) is 4.98 Å². The molecule has 0 bridgehead atoms. The fourth-order valence-corrected chi connectivity index (χ4v) is 4.71. The first kappa shape index (κ1) is 19.5. The van der Waals surface area contributed by atoms with Crippen LogP contribution in [0.5, 0.6) is 0 Å². The number of hydrogen-bond donors (Lipinski definition) is 1. The molecule has 29 heavy (non-hydrogen) atoms. The molecule has 0 spiro atoms. The van der Waals surface area contributed by atoms with Crippen molar-refractivity contribution in [2.45, 2.75) is 51.1 Å². The summed E-state index contributed by atoms with van der Waals surface area (Å²) in [5, 5.41) is 3.30. The lowest BCUT2D eigenvalue weighted by atomic mass is 9.71.